The number of hydrogen-bond donors (Lipinski definition) is 1. The molecular formula is C13H25N3O4. The van der Waals surface area contributed by atoms with Gasteiger partial charge in [0, 0.05) is 32.8 Å². The molecule has 0 aromatic heterocycles. The van der Waals surface area contributed by atoms with Crippen LogP contribution in [0.1, 0.15) is 12.8 Å². The summed E-state index contributed by atoms with van der Waals surface area (Å²) in [7, 11) is 5.53. The monoisotopic (exact) mass is 287 g/mol. The maximum atomic E-state index is 12.4. The molecule has 20 heavy (non-hydrogen) atoms. The lowest BCUT2D eigenvalue weighted by molar-refractivity contribution is -0.137. The fourth-order valence-corrected chi connectivity index (χ4v) is 2.36. The van der Waals surface area contributed by atoms with Gasteiger partial charge in [-0.15, -0.1) is 0 Å². The van der Waals surface area contributed by atoms with Crippen LogP contribution in [0.5, 0.6) is 0 Å². The van der Waals surface area contributed by atoms with Gasteiger partial charge in [-0.05, 0) is 26.9 Å². The number of methoxy groups -OCH3 is 1. The van der Waals surface area contributed by atoms with Gasteiger partial charge in [-0.1, -0.05) is 0 Å². The van der Waals surface area contributed by atoms with Crippen molar-refractivity contribution in [2.45, 2.75) is 18.9 Å². The zero-order valence-electron chi connectivity index (χ0n) is 12.5. The van der Waals surface area contributed by atoms with Crippen molar-refractivity contribution in [3.05, 3.63) is 0 Å². The van der Waals surface area contributed by atoms with Crippen molar-refractivity contribution in [1.29, 1.82) is 0 Å². The molecule has 0 radical (unpaired) electrons. The minimum absolute atomic E-state index is 0.212. The third-order valence-corrected chi connectivity index (χ3v) is 3.56. The molecule has 1 rings (SSSR count). The Bertz CT molecular complexity index is 336. The molecule has 1 fully saturated rings. The molecule has 0 aromatic carbocycles. The van der Waals surface area contributed by atoms with Crippen LogP contribution in [-0.2, 0) is 9.53 Å². The van der Waals surface area contributed by atoms with Gasteiger partial charge in [-0.3, -0.25) is 4.79 Å². The number of likely N-dealkylation sites (tertiary alicyclic amines) is 1. The standard InChI is InChI=1S/C13H25N3O4/c1-14(2)11-5-4-6-15(9-11)13(19)16(7-8-20-3)10-12(17)18/h11H,4-10H2,1-3H3,(H,17,18). The second kappa shape index (κ2) is 8.06. The van der Waals surface area contributed by atoms with Crippen LogP contribution in [0, 0.1) is 0 Å². The van der Waals surface area contributed by atoms with Crippen LogP contribution in [0.2, 0.25) is 0 Å². The number of urea groups is 1. The average molecular weight is 287 g/mol. The Kier molecular flexibility index (Phi) is 6.74. The molecule has 0 saturated carbocycles. The zero-order valence-corrected chi connectivity index (χ0v) is 12.5. The Labute approximate surface area is 120 Å². The van der Waals surface area contributed by atoms with Crippen LogP contribution < -0.4 is 0 Å². The highest BCUT2D eigenvalue weighted by molar-refractivity contribution is 5.80. The third-order valence-electron chi connectivity index (χ3n) is 3.56. The van der Waals surface area contributed by atoms with E-state index in [0.717, 1.165) is 12.8 Å². The van der Waals surface area contributed by atoms with Crippen molar-refractivity contribution >= 4 is 12.0 Å². The molecule has 0 aromatic rings. The summed E-state index contributed by atoms with van der Waals surface area (Å²) in [6.45, 7) is 1.68. The molecule has 1 aliphatic rings. The number of carbonyl (C=O) groups is 2. The van der Waals surface area contributed by atoms with Crippen LogP contribution in [-0.4, -0.2) is 91.8 Å². The number of hydrogen-bond acceptors (Lipinski definition) is 4. The van der Waals surface area contributed by atoms with Crippen molar-refractivity contribution in [1.82, 2.24) is 14.7 Å². The van der Waals surface area contributed by atoms with Gasteiger partial charge >= 0.3 is 12.0 Å². The largest absolute Gasteiger partial charge is 0.480 e. The van der Waals surface area contributed by atoms with E-state index in [1.165, 1.54) is 12.0 Å². The molecule has 1 saturated heterocycles. The summed E-state index contributed by atoms with van der Waals surface area (Å²) >= 11 is 0. The molecular weight excluding hydrogens is 262 g/mol. The van der Waals surface area contributed by atoms with Crippen molar-refractivity contribution in [2.24, 2.45) is 0 Å². The van der Waals surface area contributed by atoms with Crippen LogP contribution in [0.3, 0.4) is 0 Å². The molecule has 1 heterocycles. The predicted octanol–water partition coefficient (Wildman–Crippen LogP) is 0.165. The summed E-state index contributed by atoms with van der Waals surface area (Å²) in [4.78, 5) is 28.5. The fourth-order valence-electron chi connectivity index (χ4n) is 2.36. The van der Waals surface area contributed by atoms with E-state index in [-0.39, 0.29) is 12.6 Å². The number of carbonyl (C=O) groups excluding carboxylic acids is 1. The number of rotatable bonds is 6. The van der Waals surface area contributed by atoms with Gasteiger partial charge in [0.05, 0.1) is 6.61 Å². The number of likely N-dealkylation sites (N-methyl/N-ethyl adjacent to an activating group) is 1. The van der Waals surface area contributed by atoms with E-state index in [1.54, 1.807) is 4.90 Å². The highest BCUT2D eigenvalue weighted by Gasteiger charge is 2.28. The number of amides is 2. The van der Waals surface area contributed by atoms with Gasteiger partial charge in [0.15, 0.2) is 0 Å². The molecule has 7 nitrogen and oxygen atoms in total. The number of ether oxygens (including phenoxy) is 1. The van der Waals surface area contributed by atoms with Gasteiger partial charge in [0.25, 0.3) is 0 Å². The molecule has 1 N–H and O–H groups in total. The molecule has 7 heteroatoms. The smallest absolute Gasteiger partial charge is 0.323 e. The summed E-state index contributed by atoms with van der Waals surface area (Å²) < 4.78 is 4.94. The lowest BCUT2D eigenvalue weighted by Crippen LogP contribution is -2.53. The van der Waals surface area contributed by atoms with Crippen LogP contribution in [0.4, 0.5) is 4.79 Å². The number of carboxylic acid groups (broad SMARTS) is 1. The quantitative estimate of drug-likeness (QED) is 0.753. The van der Waals surface area contributed by atoms with Crippen molar-refractivity contribution in [2.75, 3.05) is 54.0 Å². The Balaban J connectivity index is 2.64. The van der Waals surface area contributed by atoms with E-state index in [0.29, 0.717) is 32.3 Å². The maximum absolute atomic E-state index is 12.4. The van der Waals surface area contributed by atoms with E-state index in [4.69, 9.17) is 9.84 Å². The second-order valence-electron chi connectivity index (χ2n) is 5.30. The summed E-state index contributed by atoms with van der Waals surface area (Å²) in [6, 6.07) is 0.123. The molecule has 0 spiro atoms. The number of nitrogens with zero attached hydrogens (tertiary/aromatic N) is 3. The molecule has 0 bridgehead atoms. The summed E-state index contributed by atoms with van der Waals surface area (Å²) in [5.74, 6) is -1.00. The minimum atomic E-state index is -1.00. The predicted molar refractivity (Wildman–Crippen MR) is 74.8 cm³/mol. The highest BCUT2D eigenvalue weighted by atomic mass is 16.5. The summed E-state index contributed by atoms with van der Waals surface area (Å²) in [5, 5.41) is 8.91. The zero-order chi connectivity index (χ0) is 15.1. The van der Waals surface area contributed by atoms with Gasteiger partial charge in [-0.25, -0.2) is 4.79 Å². The molecule has 116 valence electrons. The third kappa shape index (κ3) is 4.97. The van der Waals surface area contributed by atoms with E-state index < -0.39 is 5.97 Å². The van der Waals surface area contributed by atoms with E-state index >= 15 is 0 Å². The first-order valence-electron chi connectivity index (χ1n) is 6.86. The fraction of sp³-hybridized carbons (Fsp3) is 0.846. The minimum Gasteiger partial charge on any atom is -0.480 e. The number of carboxylic acids is 1. The first kappa shape index (κ1) is 16.7. The van der Waals surface area contributed by atoms with Crippen molar-refractivity contribution in [3.8, 4) is 0 Å². The highest BCUT2D eigenvalue weighted by Crippen LogP contribution is 2.15. The Morgan fingerprint density at radius 3 is 2.65 bits per heavy atom. The van der Waals surface area contributed by atoms with E-state index in [9.17, 15) is 9.59 Å². The molecule has 0 aliphatic carbocycles. The molecule has 2 amide bonds. The Morgan fingerprint density at radius 2 is 2.10 bits per heavy atom. The Morgan fingerprint density at radius 1 is 1.40 bits per heavy atom. The van der Waals surface area contributed by atoms with Crippen molar-refractivity contribution in [3.63, 3.8) is 0 Å². The van der Waals surface area contributed by atoms with Gasteiger partial charge in [0.2, 0.25) is 0 Å². The summed E-state index contributed by atoms with van der Waals surface area (Å²) in [6.07, 6.45) is 2.01. The van der Waals surface area contributed by atoms with Gasteiger partial charge in [0.1, 0.15) is 6.54 Å². The van der Waals surface area contributed by atoms with Crippen molar-refractivity contribution < 1.29 is 19.4 Å². The average Bonchev–Trinajstić information content (AvgIpc) is 2.42. The molecule has 1 atom stereocenters. The maximum Gasteiger partial charge on any atom is 0.323 e. The molecule has 1 unspecified atom stereocenters. The summed E-state index contributed by atoms with van der Waals surface area (Å²) in [5.41, 5.74) is 0. The normalized spacial score (nSPS) is 19.2. The SMILES string of the molecule is COCCN(CC(=O)O)C(=O)N1CCCC(N(C)C)C1. The number of aliphatic carboxylic acids is 1. The molecule has 1 aliphatic heterocycles. The van der Waals surface area contributed by atoms with Crippen LogP contribution >= 0.6 is 0 Å². The topological polar surface area (TPSA) is 73.3 Å². The van der Waals surface area contributed by atoms with E-state index in [2.05, 4.69) is 4.90 Å². The van der Waals surface area contributed by atoms with Gasteiger partial charge in [-0.2, -0.15) is 0 Å². The Hall–Kier alpha value is -1.34. The van der Waals surface area contributed by atoms with Crippen LogP contribution in [0.15, 0.2) is 0 Å². The first-order chi connectivity index (χ1) is 9.45. The lowest BCUT2D eigenvalue weighted by Gasteiger charge is -2.38. The lowest BCUT2D eigenvalue weighted by atomic mass is 10.1. The second-order valence-corrected chi connectivity index (χ2v) is 5.30. The first-order valence-corrected chi connectivity index (χ1v) is 6.86. The van der Waals surface area contributed by atoms with Crippen LogP contribution in [0.25, 0.3) is 0 Å². The van der Waals surface area contributed by atoms with Gasteiger partial charge < -0.3 is 24.5 Å². The number of piperidine rings is 1. The van der Waals surface area contributed by atoms with E-state index in [1.807, 2.05) is 14.1 Å².